The number of anilines is 4. The summed E-state index contributed by atoms with van der Waals surface area (Å²) in [5, 5.41) is 9.86. The Morgan fingerprint density at radius 2 is 2.04 bits per heavy atom. The lowest BCUT2D eigenvalue weighted by atomic mass is 10.1. The number of para-hydroxylation sites is 1. The number of nitrogens with two attached hydrogens (primary N) is 2. The Bertz CT molecular complexity index is 653. The Balaban J connectivity index is 1.62. The summed E-state index contributed by atoms with van der Waals surface area (Å²) in [5.41, 5.74) is 14.2. The minimum Gasteiger partial charge on any atom is -0.398 e. The fraction of sp³-hybridized carbons (Fsp3) is 0.375. The van der Waals surface area contributed by atoms with Crippen molar-refractivity contribution in [2.75, 3.05) is 41.7 Å². The fourth-order valence-corrected chi connectivity index (χ4v) is 2.62. The maximum Gasteiger partial charge on any atom is 0.224 e. The molecule has 1 aliphatic rings. The first kappa shape index (κ1) is 15.4. The van der Waals surface area contributed by atoms with E-state index in [1.165, 1.54) is 6.42 Å². The molecule has 122 valence electrons. The van der Waals surface area contributed by atoms with Crippen molar-refractivity contribution in [2.24, 2.45) is 5.92 Å². The van der Waals surface area contributed by atoms with Gasteiger partial charge in [0, 0.05) is 18.8 Å². The van der Waals surface area contributed by atoms with Crippen molar-refractivity contribution in [2.45, 2.75) is 13.0 Å². The second-order valence-corrected chi connectivity index (χ2v) is 5.79. The first-order valence-electron chi connectivity index (χ1n) is 7.86. The summed E-state index contributed by atoms with van der Waals surface area (Å²) in [6, 6.07) is 7.73. The highest BCUT2D eigenvalue weighted by Gasteiger charge is 2.14. The van der Waals surface area contributed by atoms with Crippen LogP contribution in [0.4, 0.5) is 23.1 Å². The number of hydrogen-bond acceptors (Lipinski definition) is 7. The summed E-state index contributed by atoms with van der Waals surface area (Å²) >= 11 is 0. The second kappa shape index (κ2) is 7.15. The fourth-order valence-electron chi connectivity index (χ4n) is 2.62. The number of nitrogen functional groups attached to an aromatic ring is 2. The molecular weight excluding hydrogens is 290 g/mol. The highest BCUT2D eigenvalue weighted by Crippen LogP contribution is 2.19. The predicted octanol–water partition coefficient (Wildman–Crippen LogP) is 1.27. The molecule has 3 rings (SSSR count). The van der Waals surface area contributed by atoms with Crippen LogP contribution in [0.5, 0.6) is 0 Å². The lowest BCUT2D eigenvalue weighted by Crippen LogP contribution is -2.18. The van der Waals surface area contributed by atoms with Crippen molar-refractivity contribution < 1.29 is 0 Å². The van der Waals surface area contributed by atoms with Crippen LogP contribution in [0, 0.1) is 5.92 Å². The molecule has 0 unspecified atom stereocenters. The van der Waals surface area contributed by atoms with Gasteiger partial charge in [0.05, 0.1) is 11.9 Å². The van der Waals surface area contributed by atoms with Gasteiger partial charge >= 0.3 is 0 Å². The molecule has 1 atom stereocenters. The van der Waals surface area contributed by atoms with Crippen molar-refractivity contribution in [1.29, 1.82) is 0 Å². The van der Waals surface area contributed by atoms with Gasteiger partial charge in [-0.1, -0.05) is 18.2 Å². The van der Waals surface area contributed by atoms with Gasteiger partial charge in [0.2, 0.25) is 5.95 Å². The van der Waals surface area contributed by atoms with E-state index in [4.69, 9.17) is 11.5 Å². The summed E-state index contributed by atoms with van der Waals surface area (Å²) < 4.78 is 0. The van der Waals surface area contributed by atoms with Crippen LogP contribution in [0.2, 0.25) is 0 Å². The van der Waals surface area contributed by atoms with E-state index in [0.29, 0.717) is 29.9 Å². The number of hydrogen-bond donors (Lipinski definition) is 5. The predicted molar refractivity (Wildman–Crippen MR) is 94.1 cm³/mol. The molecule has 7 heteroatoms. The zero-order chi connectivity index (χ0) is 16.1. The molecule has 7 N–H and O–H groups in total. The molecule has 1 aromatic heterocycles. The number of rotatable bonds is 6. The van der Waals surface area contributed by atoms with Crippen LogP contribution in [-0.4, -0.2) is 29.6 Å². The van der Waals surface area contributed by atoms with Crippen molar-refractivity contribution in [3.63, 3.8) is 0 Å². The monoisotopic (exact) mass is 313 g/mol. The molecule has 0 bridgehead atoms. The Morgan fingerprint density at radius 3 is 2.83 bits per heavy atom. The van der Waals surface area contributed by atoms with Crippen molar-refractivity contribution in [3.05, 3.63) is 36.0 Å². The Labute approximate surface area is 135 Å². The minimum atomic E-state index is 0.521. The Hall–Kier alpha value is -2.54. The van der Waals surface area contributed by atoms with Crippen LogP contribution in [0.1, 0.15) is 12.0 Å². The van der Waals surface area contributed by atoms with Crippen LogP contribution in [0.25, 0.3) is 0 Å². The number of aromatic nitrogens is 2. The Kier molecular flexibility index (Phi) is 4.77. The molecule has 0 aliphatic carbocycles. The summed E-state index contributed by atoms with van der Waals surface area (Å²) in [5.74, 6) is 1.83. The largest absolute Gasteiger partial charge is 0.398 e. The van der Waals surface area contributed by atoms with Gasteiger partial charge in [-0.05, 0) is 37.1 Å². The molecule has 23 heavy (non-hydrogen) atoms. The Morgan fingerprint density at radius 1 is 1.17 bits per heavy atom. The molecule has 0 amide bonds. The molecule has 0 radical (unpaired) electrons. The standard InChI is InChI=1S/C16H23N7/c17-13-4-2-1-3-12(13)9-20-15-14(18)10-22-16(23-15)21-8-11-5-6-19-7-11/h1-4,10-11,19H,5-9,17-18H2,(H2,20,21,22,23)/t11-/m1/s1. The van der Waals surface area contributed by atoms with E-state index in [-0.39, 0.29) is 0 Å². The summed E-state index contributed by atoms with van der Waals surface area (Å²) in [7, 11) is 0. The van der Waals surface area contributed by atoms with Crippen LogP contribution >= 0.6 is 0 Å². The zero-order valence-electron chi connectivity index (χ0n) is 13.0. The summed E-state index contributed by atoms with van der Waals surface area (Å²) in [6.07, 6.45) is 2.80. The van der Waals surface area contributed by atoms with E-state index >= 15 is 0 Å². The van der Waals surface area contributed by atoms with E-state index in [2.05, 4.69) is 25.9 Å². The van der Waals surface area contributed by atoms with Gasteiger partial charge in [-0.2, -0.15) is 4.98 Å². The topological polar surface area (TPSA) is 114 Å². The number of benzene rings is 1. The van der Waals surface area contributed by atoms with Crippen molar-refractivity contribution in [1.82, 2.24) is 15.3 Å². The van der Waals surface area contributed by atoms with E-state index < -0.39 is 0 Å². The third-order valence-corrected chi connectivity index (χ3v) is 4.03. The van der Waals surface area contributed by atoms with Gasteiger partial charge in [-0.15, -0.1) is 0 Å². The first-order valence-corrected chi connectivity index (χ1v) is 7.86. The number of nitrogens with zero attached hydrogens (tertiary/aromatic N) is 2. The summed E-state index contributed by atoms with van der Waals surface area (Å²) in [6.45, 7) is 3.56. The van der Waals surface area contributed by atoms with Gasteiger partial charge in [0.25, 0.3) is 0 Å². The zero-order valence-corrected chi connectivity index (χ0v) is 13.0. The molecule has 1 saturated heterocycles. The molecule has 7 nitrogen and oxygen atoms in total. The second-order valence-electron chi connectivity index (χ2n) is 5.79. The van der Waals surface area contributed by atoms with E-state index in [1.54, 1.807) is 6.20 Å². The molecule has 1 aromatic carbocycles. The molecule has 2 heterocycles. The van der Waals surface area contributed by atoms with Gasteiger partial charge in [-0.3, -0.25) is 0 Å². The van der Waals surface area contributed by atoms with Gasteiger partial charge in [0.15, 0.2) is 5.82 Å². The maximum absolute atomic E-state index is 5.95. The highest BCUT2D eigenvalue weighted by atomic mass is 15.2. The quantitative estimate of drug-likeness (QED) is 0.510. The smallest absolute Gasteiger partial charge is 0.224 e. The molecule has 0 spiro atoms. The molecular formula is C16H23N7. The van der Waals surface area contributed by atoms with Gasteiger partial charge in [0.1, 0.15) is 0 Å². The van der Waals surface area contributed by atoms with E-state index in [0.717, 1.165) is 30.9 Å². The first-order chi connectivity index (χ1) is 11.2. The SMILES string of the molecule is Nc1ccccc1CNc1nc(NC[C@@H]2CCNC2)ncc1N. The summed E-state index contributed by atoms with van der Waals surface area (Å²) in [4.78, 5) is 8.70. The van der Waals surface area contributed by atoms with Crippen molar-refractivity contribution in [3.8, 4) is 0 Å². The van der Waals surface area contributed by atoms with Crippen LogP contribution in [0.3, 0.4) is 0 Å². The van der Waals surface area contributed by atoms with Crippen LogP contribution in [0.15, 0.2) is 30.5 Å². The average Bonchev–Trinajstić information content (AvgIpc) is 3.07. The molecule has 2 aromatic rings. The minimum absolute atomic E-state index is 0.521. The number of nitrogens with one attached hydrogen (secondary N) is 3. The lowest BCUT2D eigenvalue weighted by Gasteiger charge is -2.13. The van der Waals surface area contributed by atoms with Crippen molar-refractivity contribution >= 4 is 23.1 Å². The third kappa shape index (κ3) is 4.01. The van der Waals surface area contributed by atoms with E-state index in [9.17, 15) is 0 Å². The molecule has 1 fully saturated rings. The van der Waals surface area contributed by atoms with E-state index in [1.807, 2.05) is 24.3 Å². The maximum atomic E-state index is 5.95. The van der Waals surface area contributed by atoms with Gasteiger partial charge in [-0.25, -0.2) is 4.98 Å². The molecule has 0 saturated carbocycles. The highest BCUT2D eigenvalue weighted by molar-refractivity contribution is 5.62. The average molecular weight is 313 g/mol. The lowest BCUT2D eigenvalue weighted by molar-refractivity contribution is 0.613. The third-order valence-electron chi connectivity index (χ3n) is 4.03. The van der Waals surface area contributed by atoms with Crippen LogP contribution < -0.4 is 27.4 Å². The molecule has 1 aliphatic heterocycles. The van der Waals surface area contributed by atoms with Crippen LogP contribution in [-0.2, 0) is 6.54 Å². The normalized spacial score (nSPS) is 17.1. The van der Waals surface area contributed by atoms with Gasteiger partial charge < -0.3 is 27.4 Å².